The normalized spacial score (nSPS) is 13.4. The molecular weight excluding hydrogens is 434 g/mol. The zero-order valence-corrected chi connectivity index (χ0v) is 17.0. The number of likely N-dealkylation sites (tertiary alicyclic amines) is 1. The maximum atomic E-state index is 12.3. The average molecular weight is 453 g/mol. The van der Waals surface area contributed by atoms with Crippen LogP contribution in [0.2, 0.25) is 5.02 Å². The molecule has 0 unspecified atom stereocenters. The van der Waals surface area contributed by atoms with Crippen LogP contribution in [0.1, 0.15) is 28.8 Å². The highest BCUT2D eigenvalue weighted by Crippen LogP contribution is 2.28. The van der Waals surface area contributed by atoms with Gasteiger partial charge in [0.1, 0.15) is 5.75 Å². The Morgan fingerprint density at radius 3 is 2.68 bits per heavy atom. The van der Waals surface area contributed by atoms with Crippen molar-refractivity contribution in [2.75, 3.05) is 18.5 Å². The first-order valence-corrected chi connectivity index (χ1v) is 9.77. The summed E-state index contributed by atoms with van der Waals surface area (Å²) in [5, 5.41) is 2.34. The van der Waals surface area contributed by atoms with Crippen molar-refractivity contribution in [2.45, 2.75) is 26.0 Å². The molecule has 0 spiro atoms. The third-order valence-corrected chi connectivity index (χ3v) is 4.77. The molecular formula is C21H19ClF2N2O5. The lowest BCUT2D eigenvalue weighted by Crippen LogP contribution is -2.24. The Morgan fingerprint density at radius 2 is 2.00 bits per heavy atom. The number of halogens is 3. The summed E-state index contributed by atoms with van der Waals surface area (Å²) in [4.78, 5) is 37.8. The number of nitrogens with zero attached hydrogens (tertiary/aromatic N) is 1. The summed E-state index contributed by atoms with van der Waals surface area (Å²) in [6.45, 7) is -2.48. The molecule has 0 saturated carbocycles. The molecule has 0 bridgehead atoms. The molecule has 1 N–H and O–H groups in total. The van der Waals surface area contributed by atoms with E-state index in [2.05, 4.69) is 10.1 Å². The summed E-state index contributed by atoms with van der Waals surface area (Å²) >= 11 is 5.83. The van der Waals surface area contributed by atoms with Gasteiger partial charge in [0.15, 0.2) is 6.61 Å². The lowest BCUT2D eigenvalue weighted by molar-refractivity contribution is -0.128. The van der Waals surface area contributed by atoms with Crippen molar-refractivity contribution in [1.29, 1.82) is 0 Å². The van der Waals surface area contributed by atoms with Crippen LogP contribution in [0.25, 0.3) is 0 Å². The Kier molecular flexibility index (Phi) is 7.41. The predicted molar refractivity (Wildman–Crippen MR) is 108 cm³/mol. The maximum absolute atomic E-state index is 12.3. The number of ether oxygens (including phenoxy) is 2. The first-order chi connectivity index (χ1) is 14.8. The fourth-order valence-electron chi connectivity index (χ4n) is 3.07. The van der Waals surface area contributed by atoms with E-state index in [9.17, 15) is 23.2 Å². The Morgan fingerprint density at radius 1 is 1.19 bits per heavy atom. The number of benzene rings is 2. The van der Waals surface area contributed by atoms with E-state index in [4.69, 9.17) is 16.3 Å². The van der Waals surface area contributed by atoms with Gasteiger partial charge in [-0.3, -0.25) is 9.59 Å². The number of hydrogen-bond donors (Lipinski definition) is 1. The molecule has 1 saturated heterocycles. The van der Waals surface area contributed by atoms with Gasteiger partial charge >= 0.3 is 12.6 Å². The number of alkyl halides is 2. The van der Waals surface area contributed by atoms with Crippen molar-refractivity contribution < 1.29 is 32.6 Å². The van der Waals surface area contributed by atoms with E-state index in [-0.39, 0.29) is 27.9 Å². The highest BCUT2D eigenvalue weighted by atomic mass is 35.5. The van der Waals surface area contributed by atoms with Crippen LogP contribution in [0.15, 0.2) is 42.5 Å². The molecule has 0 aromatic heterocycles. The summed E-state index contributed by atoms with van der Waals surface area (Å²) in [6, 6.07) is 10.4. The second-order valence-corrected chi connectivity index (χ2v) is 7.17. The first-order valence-electron chi connectivity index (χ1n) is 9.40. The van der Waals surface area contributed by atoms with Crippen molar-refractivity contribution in [2.24, 2.45) is 0 Å². The molecule has 2 aromatic rings. The van der Waals surface area contributed by atoms with Crippen LogP contribution in [-0.2, 0) is 20.9 Å². The van der Waals surface area contributed by atoms with Gasteiger partial charge in [-0.2, -0.15) is 8.78 Å². The summed E-state index contributed by atoms with van der Waals surface area (Å²) in [5.41, 5.74) is 1.27. The molecule has 7 nitrogen and oxygen atoms in total. The number of hydrogen-bond acceptors (Lipinski definition) is 5. The van der Waals surface area contributed by atoms with E-state index in [1.807, 2.05) is 0 Å². The Bertz CT molecular complexity index is 986. The molecule has 1 aliphatic heterocycles. The van der Waals surface area contributed by atoms with E-state index in [0.29, 0.717) is 19.5 Å². The number of anilines is 1. The van der Waals surface area contributed by atoms with Crippen molar-refractivity contribution >= 4 is 35.1 Å². The largest absolute Gasteiger partial charge is 0.452 e. The first kappa shape index (κ1) is 22.5. The van der Waals surface area contributed by atoms with Gasteiger partial charge in [0.05, 0.1) is 10.6 Å². The van der Waals surface area contributed by atoms with Crippen molar-refractivity contribution in [3.63, 3.8) is 0 Å². The standard InChI is InChI=1S/C21H19ClF2N2O5/c22-16-10-15(6-7-17(16)31-21(23)24)25-18(27)12-30-20(29)14-4-1-3-13(9-14)11-26-8-2-5-19(26)28/h1,3-4,6-7,9-10,21H,2,5,8,11-12H2,(H,25,27). The molecule has 3 rings (SSSR count). The number of amides is 2. The maximum Gasteiger partial charge on any atom is 0.387 e. The Hall–Kier alpha value is -3.20. The SMILES string of the molecule is O=C(COC(=O)c1cccc(CN2CCCC2=O)c1)Nc1ccc(OC(F)F)c(Cl)c1. The van der Waals surface area contributed by atoms with Gasteiger partial charge in [-0.05, 0) is 42.3 Å². The highest BCUT2D eigenvalue weighted by molar-refractivity contribution is 6.32. The van der Waals surface area contributed by atoms with Crippen LogP contribution in [0.3, 0.4) is 0 Å². The van der Waals surface area contributed by atoms with Gasteiger partial charge in [-0.25, -0.2) is 4.79 Å². The summed E-state index contributed by atoms with van der Waals surface area (Å²) in [7, 11) is 0. The van der Waals surface area contributed by atoms with Crippen LogP contribution in [0.5, 0.6) is 5.75 Å². The van der Waals surface area contributed by atoms with Gasteiger partial charge in [0.2, 0.25) is 5.91 Å². The second-order valence-electron chi connectivity index (χ2n) is 6.77. The predicted octanol–water partition coefficient (Wildman–Crippen LogP) is 3.86. The minimum atomic E-state index is -3.02. The van der Waals surface area contributed by atoms with E-state index in [1.54, 1.807) is 29.2 Å². The molecule has 31 heavy (non-hydrogen) atoms. The van der Waals surface area contributed by atoms with Gasteiger partial charge in [-0.1, -0.05) is 23.7 Å². The van der Waals surface area contributed by atoms with Crippen LogP contribution < -0.4 is 10.1 Å². The third-order valence-electron chi connectivity index (χ3n) is 4.47. The summed E-state index contributed by atoms with van der Waals surface area (Å²) < 4.78 is 33.8. The zero-order chi connectivity index (χ0) is 22.4. The second kappa shape index (κ2) is 10.2. The molecule has 1 fully saturated rings. The molecule has 2 aromatic carbocycles. The third kappa shape index (κ3) is 6.39. The van der Waals surface area contributed by atoms with E-state index < -0.39 is 25.1 Å². The number of rotatable bonds is 8. The van der Waals surface area contributed by atoms with Gasteiger partial charge in [-0.15, -0.1) is 0 Å². The Labute approximate surface area is 181 Å². The van der Waals surface area contributed by atoms with Crippen LogP contribution in [0.4, 0.5) is 14.5 Å². The van der Waals surface area contributed by atoms with E-state index in [1.165, 1.54) is 18.2 Å². The van der Waals surface area contributed by atoms with Gasteiger partial charge in [0.25, 0.3) is 5.91 Å². The van der Waals surface area contributed by atoms with Gasteiger partial charge < -0.3 is 19.7 Å². The molecule has 164 valence electrons. The number of esters is 1. The zero-order valence-electron chi connectivity index (χ0n) is 16.3. The van der Waals surface area contributed by atoms with Crippen LogP contribution in [-0.4, -0.2) is 42.4 Å². The monoisotopic (exact) mass is 452 g/mol. The fraction of sp³-hybridized carbons (Fsp3) is 0.286. The van der Waals surface area contributed by atoms with Crippen molar-refractivity contribution in [1.82, 2.24) is 4.90 Å². The molecule has 0 aliphatic carbocycles. The topological polar surface area (TPSA) is 84.9 Å². The van der Waals surface area contributed by atoms with Crippen LogP contribution >= 0.6 is 11.6 Å². The average Bonchev–Trinajstić information content (AvgIpc) is 3.12. The number of nitrogens with one attached hydrogen (secondary N) is 1. The Balaban J connectivity index is 1.52. The van der Waals surface area contributed by atoms with E-state index in [0.717, 1.165) is 12.0 Å². The van der Waals surface area contributed by atoms with Crippen LogP contribution in [0, 0.1) is 0 Å². The lowest BCUT2D eigenvalue weighted by atomic mass is 10.1. The molecule has 10 heteroatoms. The minimum absolute atomic E-state index is 0.0820. The van der Waals surface area contributed by atoms with E-state index >= 15 is 0 Å². The van der Waals surface area contributed by atoms with Crippen molar-refractivity contribution in [3.8, 4) is 5.75 Å². The minimum Gasteiger partial charge on any atom is -0.452 e. The molecule has 1 heterocycles. The smallest absolute Gasteiger partial charge is 0.387 e. The summed E-state index contributed by atoms with van der Waals surface area (Å²) in [6.07, 6.45) is 1.35. The number of carbonyl (C=O) groups is 3. The fourth-order valence-corrected chi connectivity index (χ4v) is 3.29. The lowest BCUT2D eigenvalue weighted by Gasteiger charge is -2.15. The molecule has 1 aliphatic rings. The highest BCUT2D eigenvalue weighted by Gasteiger charge is 2.20. The molecule has 0 radical (unpaired) electrons. The van der Waals surface area contributed by atoms with Crippen molar-refractivity contribution in [3.05, 3.63) is 58.6 Å². The molecule has 0 atom stereocenters. The molecule has 2 amide bonds. The quantitative estimate of drug-likeness (QED) is 0.615. The van der Waals surface area contributed by atoms with Gasteiger partial charge in [0, 0.05) is 25.2 Å². The summed E-state index contributed by atoms with van der Waals surface area (Å²) in [5.74, 6) is -1.47. The number of carbonyl (C=O) groups excluding carboxylic acids is 3.